The van der Waals surface area contributed by atoms with Gasteiger partial charge in [-0.25, -0.2) is 8.42 Å². The molecule has 1 fully saturated rings. The van der Waals surface area contributed by atoms with Crippen molar-refractivity contribution in [1.82, 2.24) is 0 Å². The van der Waals surface area contributed by atoms with Crippen LogP contribution in [0.2, 0.25) is 0 Å². The summed E-state index contributed by atoms with van der Waals surface area (Å²) in [6.45, 7) is 0. The molecule has 1 unspecified atom stereocenters. The highest BCUT2D eigenvalue weighted by molar-refractivity contribution is 9.09. The van der Waals surface area contributed by atoms with E-state index in [0.29, 0.717) is 10.6 Å². The number of halogens is 1. The van der Waals surface area contributed by atoms with Gasteiger partial charge in [0.1, 0.15) is 0 Å². The molecule has 1 aromatic rings. The van der Waals surface area contributed by atoms with Crippen molar-refractivity contribution in [3.8, 4) is 0 Å². The molecule has 1 saturated carbocycles. The van der Waals surface area contributed by atoms with E-state index in [4.69, 9.17) is 0 Å². The Balaban J connectivity index is 2.11. The Bertz CT molecular complexity index is 541. The van der Waals surface area contributed by atoms with Crippen molar-refractivity contribution >= 4 is 25.8 Å². The first-order valence-corrected chi connectivity index (χ1v) is 8.74. The Morgan fingerprint density at radius 1 is 1.29 bits per heavy atom. The summed E-state index contributed by atoms with van der Waals surface area (Å²) in [5, 5.41) is 0.911. The molecule has 0 aromatic heterocycles. The van der Waals surface area contributed by atoms with E-state index in [1.807, 2.05) is 18.2 Å². The maximum atomic E-state index is 12.2. The van der Waals surface area contributed by atoms with Crippen LogP contribution in [0.15, 0.2) is 29.2 Å². The summed E-state index contributed by atoms with van der Waals surface area (Å²) < 4.78 is 24.3. The third kappa shape index (κ3) is 1.60. The number of rotatable bonds is 2. The summed E-state index contributed by atoms with van der Waals surface area (Å²) >= 11 is 3.59. The van der Waals surface area contributed by atoms with Crippen LogP contribution in [0.4, 0.5) is 0 Å². The summed E-state index contributed by atoms with van der Waals surface area (Å²) in [4.78, 5) is 0.567. The highest BCUT2D eigenvalue weighted by atomic mass is 79.9. The Kier molecular flexibility index (Phi) is 2.63. The molecule has 2 aliphatic rings. The van der Waals surface area contributed by atoms with Crippen molar-refractivity contribution in [3.63, 3.8) is 0 Å². The monoisotopic (exact) mass is 314 g/mol. The molecule has 0 amide bonds. The maximum absolute atomic E-state index is 12.2. The number of benzene rings is 1. The van der Waals surface area contributed by atoms with Crippen molar-refractivity contribution in [2.45, 2.75) is 30.1 Å². The van der Waals surface area contributed by atoms with E-state index in [1.165, 1.54) is 6.42 Å². The van der Waals surface area contributed by atoms with Gasteiger partial charge in [0.15, 0.2) is 9.84 Å². The van der Waals surface area contributed by atoms with E-state index in [2.05, 4.69) is 15.9 Å². The standard InChI is InChI=1S/C13H15BrO2S/c14-9-13(6-3-7-13)11-8-17(15,16)12-5-2-1-4-10(11)12/h1-2,4-5,11H,3,6-9H2. The zero-order chi connectivity index (χ0) is 12.1. The lowest BCUT2D eigenvalue weighted by atomic mass is 9.61. The summed E-state index contributed by atoms with van der Waals surface area (Å²) in [5.74, 6) is 0.495. The third-order valence-corrected chi connectivity index (χ3v) is 7.30. The number of alkyl halides is 1. The van der Waals surface area contributed by atoms with Crippen LogP contribution in [0.1, 0.15) is 30.7 Å². The number of fused-ring (bicyclic) bond motifs is 1. The predicted octanol–water partition coefficient (Wildman–Crippen LogP) is 3.12. The van der Waals surface area contributed by atoms with E-state index in [-0.39, 0.29) is 11.3 Å². The highest BCUT2D eigenvalue weighted by Gasteiger charge is 2.50. The second-order valence-electron chi connectivity index (χ2n) is 5.22. The minimum atomic E-state index is -3.05. The molecular formula is C13H15BrO2S. The highest BCUT2D eigenvalue weighted by Crippen LogP contribution is 2.56. The Morgan fingerprint density at radius 3 is 2.59 bits per heavy atom. The molecule has 1 heterocycles. The molecule has 1 aliphatic carbocycles. The van der Waals surface area contributed by atoms with Crippen LogP contribution in [-0.4, -0.2) is 19.5 Å². The molecule has 0 N–H and O–H groups in total. The number of hydrogen-bond acceptors (Lipinski definition) is 2. The van der Waals surface area contributed by atoms with Gasteiger partial charge in [-0.05, 0) is 29.9 Å². The van der Waals surface area contributed by atoms with Gasteiger partial charge in [0.25, 0.3) is 0 Å². The number of hydrogen-bond donors (Lipinski definition) is 0. The van der Waals surface area contributed by atoms with Crippen LogP contribution in [0, 0.1) is 5.41 Å². The largest absolute Gasteiger partial charge is 0.224 e. The third-order valence-electron chi connectivity index (χ3n) is 4.37. The van der Waals surface area contributed by atoms with E-state index in [0.717, 1.165) is 23.7 Å². The lowest BCUT2D eigenvalue weighted by Gasteiger charge is -2.45. The first-order valence-electron chi connectivity index (χ1n) is 5.97. The summed E-state index contributed by atoms with van der Waals surface area (Å²) in [6.07, 6.45) is 3.52. The summed E-state index contributed by atoms with van der Waals surface area (Å²) in [6, 6.07) is 7.52. The van der Waals surface area contributed by atoms with Gasteiger partial charge in [0.05, 0.1) is 10.6 Å². The van der Waals surface area contributed by atoms with Crippen molar-refractivity contribution in [2.24, 2.45) is 5.41 Å². The topological polar surface area (TPSA) is 34.1 Å². The van der Waals surface area contributed by atoms with Gasteiger partial charge in [-0.1, -0.05) is 40.5 Å². The molecule has 1 aliphatic heterocycles. The minimum Gasteiger partial charge on any atom is -0.224 e. The lowest BCUT2D eigenvalue weighted by Crippen LogP contribution is -2.38. The fourth-order valence-corrected chi connectivity index (χ4v) is 6.12. The molecule has 1 aromatic carbocycles. The van der Waals surface area contributed by atoms with Crippen LogP contribution in [0.25, 0.3) is 0 Å². The van der Waals surface area contributed by atoms with Gasteiger partial charge >= 0.3 is 0 Å². The van der Waals surface area contributed by atoms with Crippen molar-refractivity contribution in [1.29, 1.82) is 0 Å². The zero-order valence-corrected chi connectivity index (χ0v) is 11.9. The quantitative estimate of drug-likeness (QED) is 0.786. The van der Waals surface area contributed by atoms with Gasteiger partial charge in [0, 0.05) is 11.2 Å². The van der Waals surface area contributed by atoms with E-state index in [9.17, 15) is 8.42 Å². The minimum absolute atomic E-state index is 0.180. The van der Waals surface area contributed by atoms with Gasteiger partial charge in [-0.2, -0.15) is 0 Å². The van der Waals surface area contributed by atoms with Gasteiger partial charge < -0.3 is 0 Å². The number of sulfone groups is 1. The van der Waals surface area contributed by atoms with E-state index in [1.54, 1.807) is 6.07 Å². The Labute approximate surface area is 110 Å². The average Bonchev–Trinajstić information content (AvgIpc) is 2.52. The molecule has 0 bridgehead atoms. The second-order valence-corrected chi connectivity index (χ2v) is 7.78. The van der Waals surface area contributed by atoms with Crippen molar-refractivity contribution < 1.29 is 8.42 Å². The van der Waals surface area contributed by atoms with Crippen LogP contribution >= 0.6 is 15.9 Å². The predicted molar refractivity (Wildman–Crippen MR) is 71.3 cm³/mol. The van der Waals surface area contributed by atoms with Crippen molar-refractivity contribution in [3.05, 3.63) is 29.8 Å². The molecule has 0 saturated heterocycles. The summed E-state index contributed by atoms with van der Waals surface area (Å²) in [5.41, 5.74) is 1.23. The first-order chi connectivity index (χ1) is 8.09. The Hall–Kier alpha value is -0.350. The van der Waals surface area contributed by atoms with Gasteiger partial charge in [-0.3, -0.25) is 0 Å². The van der Waals surface area contributed by atoms with E-state index >= 15 is 0 Å². The normalized spacial score (nSPS) is 28.4. The fraction of sp³-hybridized carbons (Fsp3) is 0.538. The summed E-state index contributed by atoms with van der Waals surface area (Å²) in [7, 11) is -3.05. The van der Waals surface area contributed by atoms with Crippen LogP contribution in [-0.2, 0) is 9.84 Å². The molecule has 0 spiro atoms. The first kappa shape index (κ1) is 11.7. The SMILES string of the molecule is O=S1(=O)CC(C2(CBr)CCC2)c2ccccc21. The smallest absolute Gasteiger partial charge is 0.179 e. The average molecular weight is 315 g/mol. The molecule has 3 rings (SSSR count). The maximum Gasteiger partial charge on any atom is 0.179 e. The van der Waals surface area contributed by atoms with Crippen LogP contribution in [0.3, 0.4) is 0 Å². The lowest BCUT2D eigenvalue weighted by molar-refractivity contribution is 0.136. The molecule has 1 atom stereocenters. The molecule has 92 valence electrons. The second kappa shape index (κ2) is 3.82. The molecular weight excluding hydrogens is 300 g/mol. The van der Waals surface area contributed by atoms with E-state index < -0.39 is 9.84 Å². The molecule has 0 radical (unpaired) electrons. The van der Waals surface area contributed by atoms with Crippen LogP contribution < -0.4 is 0 Å². The van der Waals surface area contributed by atoms with Crippen LogP contribution in [0.5, 0.6) is 0 Å². The molecule has 4 heteroatoms. The Morgan fingerprint density at radius 2 is 2.00 bits per heavy atom. The molecule has 17 heavy (non-hydrogen) atoms. The van der Waals surface area contributed by atoms with Gasteiger partial charge in [-0.15, -0.1) is 0 Å². The fourth-order valence-electron chi connectivity index (χ4n) is 3.16. The zero-order valence-electron chi connectivity index (χ0n) is 9.52. The molecule has 2 nitrogen and oxygen atoms in total. The van der Waals surface area contributed by atoms with Crippen molar-refractivity contribution in [2.75, 3.05) is 11.1 Å². The van der Waals surface area contributed by atoms with Gasteiger partial charge in [0.2, 0.25) is 0 Å².